The van der Waals surface area contributed by atoms with Gasteiger partial charge in [0.2, 0.25) is 0 Å². The summed E-state index contributed by atoms with van der Waals surface area (Å²) in [6.45, 7) is 2.83. The summed E-state index contributed by atoms with van der Waals surface area (Å²) in [7, 11) is 0. The summed E-state index contributed by atoms with van der Waals surface area (Å²) in [5.41, 5.74) is 0.690. The van der Waals surface area contributed by atoms with Gasteiger partial charge in [0.05, 0.1) is 5.60 Å². The van der Waals surface area contributed by atoms with Crippen LogP contribution < -0.4 is 5.32 Å². The van der Waals surface area contributed by atoms with Crippen molar-refractivity contribution in [3.63, 3.8) is 0 Å². The number of aliphatic hydroxyl groups is 1. The van der Waals surface area contributed by atoms with Crippen molar-refractivity contribution in [2.45, 2.75) is 63.5 Å². The highest BCUT2D eigenvalue weighted by Gasteiger charge is 2.27. The molecule has 3 heteroatoms. The molecule has 1 aromatic carbocycles. The normalized spacial score (nSPS) is 20.3. The van der Waals surface area contributed by atoms with E-state index in [0.29, 0.717) is 18.3 Å². The number of hydrogen-bond donors (Lipinski definition) is 3. The van der Waals surface area contributed by atoms with E-state index in [-0.39, 0.29) is 0 Å². The monoisotopic (exact) mass is 277 g/mol. The van der Waals surface area contributed by atoms with Crippen LogP contribution >= 0.6 is 0 Å². The molecule has 3 N–H and O–H groups in total. The van der Waals surface area contributed by atoms with Gasteiger partial charge in [0.25, 0.3) is 0 Å². The molecule has 0 saturated heterocycles. The molecule has 112 valence electrons. The van der Waals surface area contributed by atoms with Gasteiger partial charge in [-0.15, -0.1) is 0 Å². The first-order chi connectivity index (χ1) is 9.57. The van der Waals surface area contributed by atoms with Crippen LogP contribution in [0.5, 0.6) is 5.75 Å². The molecule has 0 radical (unpaired) electrons. The molecule has 1 aliphatic rings. The fourth-order valence-corrected chi connectivity index (χ4v) is 2.99. The average molecular weight is 277 g/mol. The summed E-state index contributed by atoms with van der Waals surface area (Å²) < 4.78 is 0. The highest BCUT2D eigenvalue weighted by molar-refractivity contribution is 5.26. The van der Waals surface area contributed by atoms with E-state index in [2.05, 4.69) is 12.2 Å². The largest absolute Gasteiger partial charge is 0.508 e. The van der Waals surface area contributed by atoms with E-state index in [1.54, 1.807) is 12.1 Å². The van der Waals surface area contributed by atoms with E-state index >= 15 is 0 Å². The standard InChI is InChI=1S/C17H27NO2/c1-14(12-15-6-8-16(19)9-7-15)18-13-17(20)10-4-2-3-5-11-17/h6-9,14,18-20H,2-5,10-13H2,1H3. The molecule has 3 nitrogen and oxygen atoms in total. The Morgan fingerprint density at radius 1 is 1.10 bits per heavy atom. The van der Waals surface area contributed by atoms with Crippen molar-refractivity contribution in [1.82, 2.24) is 5.32 Å². The molecular formula is C17H27NO2. The van der Waals surface area contributed by atoms with Crippen molar-refractivity contribution >= 4 is 0 Å². The van der Waals surface area contributed by atoms with Gasteiger partial charge in [-0.05, 0) is 43.9 Å². The molecule has 0 bridgehead atoms. The maximum absolute atomic E-state index is 10.6. The Labute approximate surface area is 122 Å². The van der Waals surface area contributed by atoms with Crippen molar-refractivity contribution < 1.29 is 10.2 Å². The Kier molecular flexibility index (Phi) is 5.44. The van der Waals surface area contributed by atoms with Crippen LogP contribution in [0.15, 0.2) is 24.3 Å². The van der Waals surface area contributed by atoms with Crippen LogP contribution in [-0.4, -0.2) is 28.4 Å². The van der Waals surface area contributed by atoms with E-state index in [4.69, 9.17) is 0 Å². The van der Waals surface area contributed by atoms with E-state index in [9.17, 15) is 10.2 Å². The first-order valence-electron chi connectivity index (χ1n) is 7.81. The first-order valence-corrected chi connectivity index (χ1v) is 7.81. The van der Waals surface area contributed by atoms with E-state index < -0.39 is 5.60 Å². The smallest absolute Gasteiger partial charge is 0.115 e. The summed E-state index contributed by atoms with van der Waals surface area (Å²) in [4.78, 5) is 0. The molecule has 0 heterocycles. The molecule has 1 saturated carbocycles. The molecule has 1 aliphatic carbocycles. The second-order valence-electron chi connectivity index (χ2n) is 6.29. The minimum Gasteiger partial charge on any atom is -0.508 e. The lowest BCUT2D eigenvalue weighted by molar-refractivity contribution is 0.0232. The van der Waals surface area contributed by atoms with Crippen LogP contribution in [0.25, 0.3) is 0 Å². The van der Waals surface area contributed by atoms with Crippen molar-refractivity contribution in [3.8, 4) is 5.75 Å². The quantitative estimate of drug-likeness (QED) is 0.725. The number of phenols is 1. The van der Waals surface area contributed by atoms with Gasteiger partial charge in [0, 0.05) is 12.6 Å². The predicted octanol–water partition coefficient (Wildman–Crippen LogP) is 3.00. The lowest BCUT2D eigenvalue weighted by Crippen LogP contribution is -2.44. The molecule has 0 amide bonds. The van der Waals surface area contributed by atoms with Crippen LogP contribution in [0, 0.1) is 0 Å². The van der Waals surface area contributed by atoms with Gasteiger partial charge >= 0.3 is 0 Å². The summed E-state index contributed by atoms with van der Waals surface area (Å²) in [6, 6.07) is 7.68. The maximum atomic E-state index is 10.6. The van der Waals surface area contributed by atoms with Crippen LogP contribution in [0.4, 0.5) is 0 Å². The highest BCUT2D eigenvalue weighted by Crippen LogP contribution is 2.26. The van der Waals surface area contributed by atoms with Crippen LogP contribution in [0.1, 0.15) is 51.0 Å². The SMILES string of the molecule is CC(Cc1ccc(O)cc1)NCC1(O)CCCCCC1. The third kappa shape index (κ3) is 4.80. The van der Waals surface area contributed by atoms with Gasteiger partial charge in [-0.2, -0.15) is 0 Å². The molecule has 0 spiro atoms. The zero-order valence-electron chi connectivity index (χ0n) is 12.4. The van der Waals surface area contributed by atoms with Crippen LogP contribution in [0.3, 0.4) is 0 Å². The van der Waals surface area contributed by atoms with Gasteiger partial charge in [0.15, 0.2) is 0 Å². The number of rotatable bonds is 5. The van der Waals surface area contributed by atoms with Gasteiger partial charge in [-0.3, -0.25) is 0 Å². The second-order valence-corrected chi connectivity index (χ2v) is 6.29. The van der Waals surface area contributed by atoms with Crippen molar-refractivity contribution in [3.05, 3.63) is 29.8 Å². The van der Waals surface area contributed by atoms with E-state index in [1.807, 2.05) is 12.1 Å². The molecule has 0 aromatic heterocycles. The minimum absolute atomic E-state index is 0.308. The fourth-order valence-electron chi connectivity index (χ4n) is 2.99. The van der Waals surface area contributed by atoms with Gasteiger partial charge in [0.1, 0.15) is 5.75 Å². The van der Waals surface area contributed by atoms with Crippen LogP contribution in [0.2, 0.25) is 0 Å². The van der Waals surface area contributed by atoms with E-state index in [1.165, 1.54) is 18.4 Å². The van der Waals surface area contributed by atoms with Gasteiger partial charge in [-0.1, -0.05) is 37.8 Å². The summed E-state index contributed by atoms with van der Waals surface area (Å²) in [6.07, 6.45) is 7.56. The van der Waals surface area contributed by atoms with Crippen molar-refractivity contribution in [1.29, 1.82) is 0 Å². The van der Waals surface area contributed by atoms with Gasteiger partial charge < -0.3 is 15.5 Å². The minimum atomic E-state index is -0.514. The predicted molar refractivity (Wildman–Crippen MR) is 81.9 cm³/mol. The highest BCUT2D eigenvalue weighted by atomic mass is 16.3. The number of aromatic hydroxyl groups is 1. The lowest BCUT2D eigenvalue weighted by Gasteiger charge is -2.29. The van der Waals surface area contributed by atoms with Gasteiger partial charge in [-0.25, -0.2) is 0 Å². The van der Waals surface area contributed by atoms with E-state index in [0.717, 1.165) is 32.1 Å². The Morgan fingerprint density at radius 2 is 1.70 bits per heavy atom. The summed E-state index contributed by atoms with van der Waals surface area (Å²) >= 11 is 0. The molecule has 1 unspecified atom stereocenters. The zero-order chi connectivity index (χ0) is 14.4. The first kappa shape index (κ1) is 15.3. The number of hydrogen-bond acceptors (Lipinski definition) is 3. The van der Waals surface area contributed by atoms with Crippen molar-refractivity contribution in [2.75, 3.05) is 6.54 Å². The topological polar surface area (TPSA) is 52.5 Å². The Bertz CT molecular complexity index is 394. The molecule has 20 heavy (non-hydrogen) atoms. The molecule has 0 aliphatic heterocycles. The Hall–Kier alpha value is -1.06. The molecule has 1 fully saturated rings. The molecular weight excluding hydrogens is 250 g/mol. The Balaban J connectivity index is 1.79. The Morgan fingerprint density at radius 3 is 2.30 bits per heavy atom. The number of phenolic OH excluding ortho intramolecular Hbond substituents is 1. The third-order valence-electron chi connectivity index (χ3n) is 4.29. The lowest BCUT2D eigenvalue weighted by atomic mass is 9.94. The molecule has 2 rings (SSSR count). The maximum Gasteiger partial charge on any atom is 0.115 e. The number of nitrogens with one attached hydrogen (secondary N) is 1. The summed E-state index contributed by atoms with van der Waals surface area (Å²) in [5.74, 6) is 0.308. The average Bonchev–Trinajstić information content (AvgIpc) is 2.65. The van der Waals surface area contributed by atoms with Crippen molar-refractivity contribution in [2.24, 2.45) is 0 Å². The van der Waals surface area contributed by atoms with Crippen LogP contribution in [-0.2, 0) is 6.42 Å². The third-order valence-corrected chi connectivity index (χ3v) is 4.29. The zero-order valence-corrected chi connectivity index (χ0v) is 12.4. The molecule has 1 aromatic rings. The fraction of sp³-hybridized carbons (Fsp3) is 0.647. The summed E-state index contributed by atoms with van der Waals surface area (Å²) in [5, 5.41) is 23.4. The number of benzene rings is 1. The second kappa shape index (κ2) is 7.09. The molecule has 1 atom stereocenters.